The number of fused-ring (bicyclic) bond motifs is 1. The van der Waals surface area contributed by atoms with E-state index in [2.05, 4.69) is 13.5 Å². The van der Waals surface area contributed by atoms with Crippen molar-refractivity contribution in [2.45, 2.75) is 46.6 Å². The average molecular weight is 350 g/mol. The molecule has 2 amide bonds. The zero-order chi connectivity index (χ0) is 17.7. The lowest BCUT2D eigenvalue weighted by molar-refractivity contribution is -0.138. The van der Waals surface area contributed by atoms with Crippen LogP contribution >= 0.6 is 11.3 Å². The Morgan fingerprint density at radius 2 is 2.04 bits per heavy atom. The van der Waals surface area contributed by atoms with Gasteiger partial charge in [-0.05, 0) is 45.1 Å². The highest BCUT2D eigenvalue weighted by Gasteiger charge is 2.22. The third-order valence-electron chi connectivity index (χ3n) is 4.49. The largest absolute Gasteiger partial charge is 0.335 e. The number of hydrogen-bond donors (Lipinski definition) is 0. The Morgan fingerprint density at radius 3 is 2.67 bits per heavy atom. The van der Waals surface area contributed by atoms with Crippen LogP contribution in [0.3, 0.4) is 0 Å². The molecule has 6 heteroatoms. The molecule has 24 heavy (non-hydrogen) atoms. The molecule has 0 aliphatic heterocycles. The highest BCUT2D eigenvalue weighted by molar-refractivity contribution is 7.11. The van der Waals surface area contributed by atoms with Crippen LogP contribution < -0.4 is 0 Å². The van der Waals surface area contributed by atoms with Crippen molar-refractivity contribution < 1.29 is 9.59 Å². The zero-order valence-electron chi connectivity index (χ0n) is 14.9. The Balaban J connectivity index is 2.02. The molecule has 0 spiro atoms. The highest BCUT2D eigenvalue weighted by Crippen LogP contribution is 2.30. The van der Waals surface area contributed by atoms with Gasteiger partial charge in [-0.1, -0.05) is 13.5 Å². The van der Waals surface area contributed by atoms with Crippen molar-refractivity contribution in [1.29, 1.82) is 0 Å². The molecular weight excluding hydrogens is 322 g/mol. The third-order valence-corrected chi connectivity index (χ3v) is 5.59. The van der Waals surface area contributed by atoms with Gasteiger partial charge in [0.15, 0.2) is 0 Å². The van der Waals surface area contributed by atoms with Gasteiger partial charge in [0.2, 0.25) is 11.8 Å². The summed E-state index contributed by atoms with van der Waals surface area (Å²) in [4.78, 5) is 33.7. The van der Waals surface area contributed by atoms with Gasteiger partial charge in [-0.25, -0.2) is 4.98 Å². The van der Waals surface area contributed by atoms with Gasteiger partial charge in [-0.3, -0.25) is 9.59 Å². The van der Waals surface area contributed by atoms with Crippen LogP contribution in [-0.2, 0) is 29.0 Å². The first-order chi connectivity index (χ1) is 11.5. The first-order valence-corrected chi connectivity index (χ1v) is 9.46. The van der Waals surface area contributed by atoms with Gasteiger partial charge in [-0.2, -0.15) is 0 Å². The molecular formula is C18H27N3O2S. The quantitative estimate of drug-likeness (QED) is 0.711. The molecule has 0 saturated heterocycles. The molecule has 1 heterocycles. The summed E-state index contributed by atoms with van der Waals surface area (Å²) < 4.78 is 0. The van der Waals surface area contributed by atoms with Gasteiger partial charge in [0.05, 0.1) is 12.2 Å². The molecule has 1 aromatic rings. The summed E-state index contributed by atoms with van der Waals surface area (Å²) in [5, 5.41) is 1.00. The van der Waals surface area contributed by atoms with E-state index in [1.165, 1.54) is 28.0 Å². The summed E-state index contributed by atoms with van der Waals surface area (Å²) in [5.74, 6) is 0.467. The fraction of sp³-hybridized carbons (Fsp3) is 0.611. The SMILES string of the molecule is C=CC(=O)N(CC)CC(=O)N(CC)Cc1nc2c(s1)CC(C)CC2. The van der Waals surface area contributed by atoms with Crippen molar-refractivity contribution in [3.63, 3.8) is 0 Å². The Kier molecular flexibility index (Phi) is 6.54. The van der Waals surface area contributed by atoms with E-state index in [0.717, 1.165) is 23.8 Å². The maximum absolute atomic E-state index is 12.5. The predicted molar refractivity (Wildman–Crippen MR) is 96.8 cm³/mol. The second-order valence-corrected chi connectivity index (χ2v) is 7.46. The van der Waals surface area contributed by atoms with Crippen LogP contribution in [0.4, 0.5) is 0 Å². The molecule has 0 radical (unpaired) electrons. The van der Waals surface area contributed by atoms with Gasteiger partial charge in [0, 0.05) is 18.0 Å². The van der Waals surface area contributed by atoms with E-state index in [0.29, 0.717) is 19.6 Å². The minimum absolute atomic E-state index is 0.0453. The van der Waals surface area contributed by atoms with Crippen LogP contribution in [0.25, 0.3) is 0 Å². The Morgan fingerprint density at radius 1 is 1.33 bits per heavy atom. The van der Waals surface area contributed by atoms with Crippen LogP contribution in [0.5, 0.6) is 0 Å². The summed E-state index contributed by atoms with van der Waals surface area (Å²) in [6.07, 6.45) is 4.60. The van der Waals surface area contributed by atoms with Crippen LogP contribution in [0.1, 0.15) is 42.8 Å². The van der Waals surface area contributed by atoms with E-state index in [1.54, 1.807) is 16.2 Å². The molecule has 0 N–H and O–H groups in total. The first kappa shape index (κ1) is 18.6. The molecule has 1 aromatic heterocycles. The Hall–Kier alpha value is -1.69. The van der Waals surface area contributed by atoms with Crippen LogP contribution in [0, 0.1) is 5.92 Å². The lowest BCUT2D eigenvalue weighted by atomic mass is 9.93. The number of rotatable bonds is 7. The average Bonchev–Trinajstić information content (AvgIpc) is 2.97. The number of amides is 2. The predicted octanol–water partition coefficient (Wildman–Crippen LogP) is 2.65. The number of thiazole rings is 1. The number of aromatic nitrogens is 1. The standard InChI is InChI=1S/C18H27N3O2S/c1-5-17(22)21(7-3)12-18(23)20(6-2)11-16-19-14-9-8-13(4)10-15(14)24-16/h5,13H,1,6-12H2,2-4H3. The topological polar surface area (TPSA) is 53.5 Å². The molecule has 1 atom stereocenters. The minimum Gasteiger partial charge on any atom is -0.335 e. The van der Waals surface area contributed by atoms with Crippen LogP contribution in [0.2, 0.25) is 0 Å². The summed E-state index contributed by atoms with van der Waals surface area (Å²) >= 11 is 1.73. The van der Waals surface area contributed by atoms with E-state index in [9.17, 15) is 9.59 Å². The van der Waals surface area contributed by atoms with E-state index in [-0.39, 0.29) is 18.4 Å². The second kappa shape index (κ2) is 8.42. The van der Waals surface area contributed by atoms with E-state index >= 15 is 0 Å². The molecule has 1 aliphatic rings. The molecule has 2 rings (SSSR count). The summed E-state index contributed by atoms with van der Waals surface area (Å²) in [7, 11) is 0. The first-order valence-electron chi connectivity index (χ1n) is 8.65. The highest BCUT2D eigenvalue weighted by atomic mass is 32.1. The van der Waals surface area contributed by atoms with Gasteiger partial charge in [-0.15, -0.1) is 11.3 Å². The monoisotopic (exact) mass is 349 g/mol. The lowest BCUT2D eigenvalue weighted by Gasteiger charge is -2.24. The molecule has 0 saturated carbocycles. The smallest absolute Gasteiger partial charge is 0.246 e. The van der Waals surface area contributed by atoms with Gasteiger partial charge < -0.3 is 9.80 Å². The van der Waals surface area contributed by atoms with Crippen molar-refractivity contribution in [3.05, 3.63) is 28.2 Å². The number of nitrogens with zero attached hydrogens (tertiary/aromatic N) is 3. The normalized spacial score (nSPS) is 16.4. The van der Waals surface area contributed by atoms with Crippen molar-refractivity contribution in [1.82, 2.24) is 14.8 Å². The lowest BCUT2D eigenvalue weighted by Crippen LogP contribution is -2.42. The Labute approximate surface area is 148 Å². The summed E-state index contributed by atoms with van der Waals surface area (Å²) in [5.41, 5.74) is 1.22. The van der Waals surface area contributed by atoms with Crippen molar-refractivity contribution >= 4 is 23.2 Å². The number of aryl methyl sites for hydroxylation is 1. The van der Waals surface area contributed by atoms with Crippen molar-refractivity contribution in [2.75, 3.05) is 19.6 Å². The molecule has 132 valence electrons. The van der Waals surface area contributed by atoms with Gasteiger partial charge in [0.25, 0.3) is 0 Å². The van der Waals surface area contributed by atoms with Crippen LogP contribution in [-0.4, -0.2) is 46.2 Å². The second-order valence-electron chi connectivity index (χ2n) is 6.29. The number of likely N-dealkylation sites (N-methyl/N-ethyl adjacent to an activating group) is 2. The fourth-order valence-electron chi connectivity index (χ4n) is 2.94. The molecule has 1 aliphatic carbocycles. The van der Waals surface area contributed by atoms with E-state index in [4.69, 9.17) is 4.98 Å². The van der Waals surface area contributed by atoms with Crippen molar-refractivity contribution in [3.8, 4) is 0 Å². The van der Waals surface area contributed by atoms with Crippen molar-refractivity contribution in [2.24, 2.45) is 5.92 Å². The Bertz CT molecular complexity index is 611. The van der Waals surface area contributed by atoms with E-state index < -0.39 is 0 Å². The molecule has 0 bridgehead atoms. The zero-order valence-corrected chi connectivity index (χ0v) is 15.7. The fourth-order valence-corrected chi connectivity index (χ4v) is 4.23. The molecule has 1 unspecified atom stereocenters. The third kappa shape index (κ3) is 4.44. The maximum Gasteiger partial charge on any atom is 0.246 e. The van der Waals surface area contributed by atoms with Crippen LogP contribution in [0.15, 0.2) is 12.7 Å². The van der Waals surface area contributed by atoms with Gasteiger partial charge in [0.1, 0.15) is 11.6 Å². The molecule has 0 aromatic carbocycles. The van der Waals surface area contributed by atoms with E-state index in [1.807, 2.05) is 13.8 Å². The number of carbonyl (C=O) groups is 2. The molecule has 0 fully saturated rings. The molecule has 5 nitrogen and oxygen atoms in total. The number of hydrogen-bond acceptors (Lipinski definition) is 4. The number of carbonyl (C=O) groups excluding carboxylic acids is 2. The maximum atomic E-state index is 12.5. The summed E-state index contributed by atoms with van der Waals surface area (Å²) in [6, 6.07) is 0. The minimum atomic E-state index is -0.208. The van der Waals surface area contributed by atoms with Gasteiger partial charge >= 0.3 is 0 Å². The summed E-state index contributed by atoms with van der Waals surface area (Å²) in [6.45, 7) is 11.3.